The molecule has 0 bridgehead atoms. The molecule has 2 N–H and O–H groups in total. The minimum Gasteiger partial charge on any atom is -0.545 e. The first-order chi connectivity index (χ1) is 17.9. The largest absolute Gasteiger partial charge is 2.00 e. The quantitative estimate of drug-likeness (QED) is 0.274. The Bertz CT molecular complexity index is 1340. The zero-order valence-corrected chi connectivity index (χ0v) is 24.5. The van der Waals surface area contributed by atoms with Gasteiger partial charge < -0.3 is 30.0 Å². The van der Waals surface area contributed by atoms with Gasteiger partial charge in [0.2, 0.25) is 0 Å². The second-order valence-corrected chi connectivity index (χ2v) is 7.80. The van der Waals surface area contributed by atoms with E-state index in [1.54, 1.807) is 36.4 Å². The van der Waals surface area contributed by atoms with Crippen molar-refractivity contribution in [1.82, 2.24) is 0 Å². The Labute approximate surface area is 238 Å². The molecule has 4 aromatic rings. The normalized spacial score (nSPS) is 9.08. The van der Waals surface area contributed by atoms with Crippen molar-refractivity contribution in [3.63, 3.8) is 0 Å². The van der Waals surface area contributed by atoms with Crippen molar-refractivity contribution in [2.24, 2.45) is 0 Å². The number of fused-ring (bicyclic) bond motifs is 2. The third-order valence-corrected chi connectivity index (χ3v) is 4.75. The number of benzene rings is 4. The molecule has 0 amide bonds. The molecule has 8 nitrogen and oxygen atoms in total. The van der Waals surface area contributed by atoms with Crippen molar-refractivity contribution < 1.29 is 59.1 Å². The molecule has 0 spiro atoms. The molecule has 4 rings (SSSR count). The van der Waals surface area contributed by atoms with Crippen molar-refractivity contribution in [3.8, 4) is 0 Å². The van der Waals surface area contributed by atoms with Crippen molar-refractivity contribution >= 4 is 45.4 Å². The fraction of sp³-hybridized carbons (Fsp3) is 0.0667. The standard InChI is InChI=1S/2C11H8O2.2C4H6O2.Zn/c2*12-11(13)10-7-3-5-8-4-1-2-6-9(8)10;2*1-3(2)4(5)6;/h2*1-7H,(H,12,13);2*1H2,2H3,(H,5,6);/q;;;;+2/p-2. The average molecular weight is 580 g/mol. The first kappa shape index (κ1) is 34.4. The molecule has 0 atom stereocenters. The third-order valence-electron chi connectivity index (χ3n) is 4.75. The van der Waals surface area contributed by atoms with Gasteiger partial charge in [-0.1, -0.05) is 98.1 Å². The molecule has 0 saturated carbocycles. The Kier molecular flexibility index (Phi) is 15.0. The van der Waals surface area contributed by atoms with Crippen molar-refractivity contribution in [1.29, 1.82) is 0 Å². The molecule has 0 aromatic heterocycles. The SMILES string of the molecule is C=C(C)C(=O)O.C=C(C)C(=O)O.O=C([O-])c1cccc2ccccc12.O=C([O-])c1cccc2ccccc12.[Zn+2]. The number of carbonyl (C=O) groups is 4. The molecule has 0 heterocycles. The van der Waals surface area contributed by atoms with Gasteiger partial charge >= 0.3 is 31.4 Å². The van der Waals surface area contributed by atoms with Crippen LogP contribution in [0.25, 0.3) is 21.5 Å². The maximum atomic E-state index is 10.7. The van der Waals surface area contributed by atoms with Crippen LogP contribution in [0.3, 0.4) is 0 Å². The summed E-state index contributed by atoms with van der Waals surface area (Å²) >= 11 is 0. The first-order valence-electron chi connectivity index (χ1n) is 11.0. The van der Waals surface area contributed by atoms with E-state index in [1.165, 1.54) is 13.8 Å². The predicted molar refractivity (Wildman–Crippen MR) is 141 cm³/mol. The first-order valence-corrected chi connectivity index (χ1v) is 11.0. The van der Waals surface area contributed by atoms with E-state index < -0.39 is 23.9 Å². The molecule has 0 aliphatic rings. The van der Waals surface area contributed by atoms with Crippen LogP contribution in [0.4, 0.5) is 0 Å². The van der Waals surface area contributed by atoms with E-state index in [4.69, 9.17) is 10.2 Å². The zero-order chi connectivity index (χ0) is 28.8. The van der Waals surface area contributed by atoms with Crippen molar-refractivity contribution in [2.75, 3.05) is 0 Å². The van der Waals surface area contributed by atoms with E-state index in [0.29, 0.717) is 0 Å². The minimum atomic E-state index is -1.13. The summed E-state index contributed by atoms with van der Waals surface area (Å²) in [4.78, 5) is 40.6. The molecule has 4 aromatic carbocycles. The molecule has 0 aliphatic carbocycles. The van der Waals surface area contributed by atoms with E-state index in [0.717, 1.165) is 21.5 Å². The van der Waals surface area contributed by atoms with Gasteiger partial charge in [-0.3, -0.25) is 0 Å². The van der Waals surface area contributed by atoms with Crippen LogP contribution in [0.1, 0.15) is 34.6 Å². The molecule has 0 saturated heterocycles. The smallest absolute Gasteiger partial charge is 0.545 e. The van der Waals surface area contributed by atoms with Crippen molar-refractivity contribution in [2.45, 2.75) is 13.8 Å². The number of aromatic carboxylic acids is 2. The second kappa shape index (κ2) is 17.0. The van der Waals surface area contributed by atoms with Crippen LogP contribution in [0, 0.1) is 0 Å². The van der Waals surface area contributed by atoms with Crippen LogP contribution in [-0.4, -0.2) is 34.1 Å². The van der Waals surface area contributed by atoms with Crippen LogP contribution in [0.5, 0.6) is 0 Å². The van der Waals surface area contributed by atoms with Gasteiger partial charge in [0, 0.05) is 22.3 Å². The average Bonchev–Trinajstić information content (AvgIpc) is 2.88. The fourth-order valence-corrected chi connectivity index (χ4v) is 2.81. The molecular weight excluding hydrogens is 554 g/mol. The molecule has 0 fully saturated rings. The van der Waals surface area contributed by atoms with E-state index in [9.17, 15) is 29.4 Å². The van der Waals surface area contributed by atoms with Gasteiger partial charge in [-0.05, 0) is 35.4 Å². The molecule has 196 valence electrons. The van der Waals surface area contributed by atoms with Crippen LogP contribution in [-0.2, 0) is 29.1 Å². The summed E-state index contributed by atoms with van der Waals surface area (Å²) in [5.41, 5.74) is 0.848. The van der Waals surface area contributed by atoms with Gasteiger partial charge in [0.25, 0.3) is 0 Å². The van der Waals surface area contributed by atoms with Gasteiger partial charge in [0.1, 0.15) is 0 Å². The number of carboxylic acid groups (broad SMARTS) is 4. The number of hydrogen-bond acceptors (Lipinski definition) is 6. The number of hydrogen-bond donors (Lipinski definition) is 2. The topological polar surface area (TPSA) is 155 Å². The summed E-state index contributed by atoms with van der Waals surface area (Å²) in [5, 5.41) is 40.5. The zero-order valence-electron chi connectivity index (χ0n) is 21.5. The van der Waals surface area contributed by atoms with E-state index in [2.05, 4.69) is 13.2 Å². The molecule has 0 unspecified atom stereocenters. The summed E-state index contributed by atoms with van der Waals surface area (Å²) in [6.07, 6.45) is 0. The van der Waals surface area contributed by atoms with Crippen LogP contribution < -0.4 is 10.2 Å². The molecule has 9 heteroatoms. The summed E-state index contributed by atoms with van der Waals surface area (Å²) in [6, 6.07) is 25.0. The molecule has 39 heavy (non-hydrogen) atoms. The Morgan fingerprint density at radius 3 is 1.08 bits per heavy atom. The van der Waals surface area contributed by atoms with Crippen molar-refractivity contribution in [3.05, 3.63) is 120 Å². The second-order valence-electron chi connectivity index (χ2n) is 7.80. The Morgan fingerprint density at radius 2 is 0.821 bits per heavy atom. The van der Waals surface area contributed by atoms with Gasteiger partial charge in [0.15, 0.2) is 0 Å². The van der Waals surface area contributed by atoms with Gasteiger partial charge in [-0.25, -0.2) is 9.59 Å². The maximum Gasteiger partial charge on any atom is 2.00 e. The summed E-state index contributed by atoms with van der Waals surface area (Å²) in [6.45, 7) is 9.20. The van der Waals surface area contributed by atoms with Crippen LogP contribution >= 0.6 is 0 Å². The number of aliphatic carboxylic acids is 2. The summed E-state index contributed by atoms with van der Waals surface area (Å²) in [7, 11) is 0. The van der Waals surface area contributed by atoms with E-state index in [-0.39, 0.29) is 41.8 Å². The predicted octanol–water partition coefficient (Wildman–Crippen LogP) is 3.70. The fourth-order valence-electron chi connectivity index (χ4n) is 2.81. The minimum absolute atomic E-state index is 0. The number of rotatable bonds is 4. The monoisotopic (exact) mass is 578 g/mol. The van der Waals surface area contributed by atoms with Crippen LogP contribution in [0.15, 0.2) is 109 Å². The number of carbonyl (C=O) groups excluding carboxylic acids is 2. The van der Waals surface area contributed by atoms with E-state index in [1.807, 2.05) is 48.5 Å². The maximum absolute atomic E-state index is 10.7. The third kappa shape index (κ3) is 11.5. The van der Waals surface area contributed by atoms with E-state index >= 15 is 0 Å². The molecule has 0 aliphatic heterocycles. The Morgan fingerprint density at radius 1 is 0.564 bits per heavy atom. The van der Waals surface area contributed by atoms with Gasteiger partial charge in [0.05, 0.1) is 11.9 Å². The molecule has 0 radical (unpaired) electrons. The number of carboxylic acids is 4. The summed E-state index contributed by atoms with van der Waals surface area (Å²) < 4.78 is 0. The Balaban J connectivity index is 0.000000524. The van der Waals surface area contributed by atoms with Gasteiger partial charge in [-0.15, -0.1) is 0 Å². The Hall–Kier alpha value is -4.62. The van der Waals surface area contributed by atoms with Gasteiger partial charge in [-0.2, -0.15) is 0 Å². The molecular formula is C30H26O8Zn. The van der Waals surface area contributed by atoms with Crippen LogP contribution in [0.2, 0.25) is 0 Å². The summed E-state index contributed by atoms with van der Waals surface area (Å²) in [5.74, 6) is -4.13.